The van der Waals surface area contributed by atoms with Gasteiger partial charge < -0.3 is 19.0 Å². The lowest BCUT2D eigenvalue weighted by atomic mass is 10.2. The maximum Gasteiger partial charge on any atom is 0.393 e. The molecule has 3 heterocycles. The SMILES string of the molecule is CS(=O)(=O)NC(=O)C[n+]1c(C=C2Sc3ccc(O)cc3N2CCCS(=O)(=O)[O-])sc2cc(Br)oc21. The van der Waals surface area contributed by atoms with Crippen LogP contribution >= 0.6 is 39.0 Å². The number of phenols is 1. The van der Waals surface area contributed by atoms with Gasteiger partial charge in [-0.05, 0) is 34.5 Å². The number of thioether (sulfide) groups is 1. The number of sulfonamides is 1. The van der Waals surface area contributed by atoms with Gasteiger partial charge in [-0.15, -0.1) is 4.57 Å². The van der Waals surface area contributed by atoms with Crippen LogP contribution in [0.4, 0.5) is 5.69 Å². The summed E-state index contributed by atoms with van der Waals surface area (Å²) in [6, 6.07) is 6.51. The lowest BCUT2D eigenvalue weighted by Gasteiger charge is -2.20. The number of benzene rings is 1. The molecule has 11 nitrogen and oxygen atoms in total. The van der Waals surface area contributed by atoms with E-state index in [0.717, 1.165) is 11.2 Å². The molecule has 1 aromatic carbocycles. The molecule has 16 heteroatoms. The highest BCUT2D eigenvalue weighted by atomic mass is 79.9. The molecule has 0 aliphatic carbocycles. The molecule has 2 N–H and O–H groups in total. The number of phenolic OH excluding ortho intramolecular Hbond substituents is 1. The van der Waals surface area contributed by atoms with Gasteiger partial charge in [0.1, 0.15) is 5.75 Å². The molecule has 0 fully saturated rings. The van der Waals surface area contributed by atoms with Crippen LogP contribution in [0.3, 0.4) is 0 Å². The molecule has 188 valence electrons. The van der Waals surface area contributed by atoms with Crippen LogP contribution in [0.25, 0.3) is 16.5 Å². The van der Waals surface area contributed by atoms with E-state index in [2.05, 4.69) is 15.9 Å². The molecular formula is C19H18BrN3O8S4. The maximum atomic E-state index is 12.4. The summed E-state index contributed by atoms with van der Waals surface area (Å²) in [6.45, 7) is -0.142. The van der Waals surface area contributed by atoms with E-state index in [4.69, 9.17) is 4.42 Å². The number of thiazole rings is 1. The van der Waals surface area contributed by atoms with E-state index in [0.29, 0.717) is 30.8 Å². The van der Waals surface area contributed by atoms with E-state index in [1.807, 2.05) is 4.72 Å². The molecule has 0 spiro atoms. The molecule has 4 rings (SSSR count). The summed E-state index contributed by atoms with van der Waals surface area (Å²) in [6.07, 6.45) is 2.71. The van der Waals surface area contributed by atoms with Crippen molar-refractivity contribution in [2.75, 3.05) is 23.5 Å². The Bertz CT molecular complexity index is 1560. The summed E-state index contributed by atoms with van der Waals surface area (Å²) in [5.41, 5.74) is 1.01. The number of carbonyl (C=O) groups excluding carboxylic acids is 1. The third kappa shape index (κ3) is 6.37. The quantitative estimate of drug-likeness (QED) is 0.281. The van der Waals surface area contributed by atoms with E-state index < -0.39 is 31.8 Å². The van der Waals surface area contributed by atoms with Crippen LogP contribution in [0.2, 0.25) is 0 Å². The molecule has 0 saturated heterocycles. The molecule has 0 saturated carbocycles. The molecule has 1 aliphatic rings. The Morgan fingerprint density at radius 2 is 2.06 bits per heavy atom. The number of nitrogens with zero attached hydrogens (tertiary/aromatic N) is 2. The highest BCUT2D eigenvalue weighted by Gasteiger charge is 2.31. The van der Waals surface area contributed by atoms with Crippen molar-refractivity contribution in [3.05, 3.63) is 39.0 Å². The second-order valence-corrected chi connectivity index (χ2v) is 13.7. The number of aromatic nitrogens is 1. The summed E-state index contributed by atoms with van der Waals surface area (Å²) in [5, 5.41) is 11.2. The predicted molar refractivity (Wildman–Crippen MR) is 133 cm³/mol. The fraction of sp³-hybridized carbons (Fsp3) is 0.263. The Morgan fingerprint density at radius 3 is 2.74 bits per heavy atom. The van der Waals surface area contributed by atoms with Crippen LogP contribution < -0.4 is 14.2 Å². The molecule has 0 bridgehead atoms. The Labute approximate surface area is 217 Å². The molecule has 0 unspecified atom stereocenters. The number of fused-ring (bicyclic) bond motifs is 2. The van der Waals surface area contributed by atoms with Gasteiger partial charge in [-0.1, -0.05) is 23.1 Å². The van der Waals surface area contributed by atoms with Gasteiger partial charge in [0, 0.05) is 29.3 Å². The van der Waals surface area contributed by atoms with Gasteiger partial charge in [0.15, 0.2) is 9.37 Å². The minimum Gasteiger partial charge on any atom is -0.748 e. The number of carbonyl (C=O) groups is 1. The molecule has 2 aromatic heterocycles. The molecule has 1 aliphatic heterocycles. The summed E-state index contributed by atoms with van der Waals surface area (Å²) in [4.78, 5) is 15.0. The first-order valence-corrected chi connectivity index (χ1v) is 15.7. The Balaban J connectivity index is 1.73. The summed E-state index contributed by atoms with van der Waals surface area (Å²) in [5.74, 6) is -1.27. The van der Waals surface area contributed by atoms with Crippen molar-refractivity contribution < 1.29 is 40.3 Å². The highest BCUT2D eigenvalue weighted by molar-refractivity contribution is 9.10. The van der Waals surface area contributed by atoms with E-state index >= 15 is 0 Å². The number of rotatable bonds is 8. The molecule has 35 heavy (non-hydrogen) atoms. The monoisotopic (exact) mass is 623 g/mol. The first-order valence-electron chi connectivity index (χ1n) is 9.85. The first-order chi connectivity index (χ1) is 16.3. The largest absolute Gasteiger partial charge is 0.748 e. The number of hydrogen-bond acceptors (Lipinski definition) is 11. The van der Waals surface area contributed by atoms with Gasteiger partial charge in [0.25, 0.3) is 10.9 Å². The summed E-state index contributed by atoms with van der Waals surface area (Å²) < 4.78 is 66.5. The minimum absolute atomic E-state index is 0.0260. The van der Waals surface area contributed by atoms with Crippen LogP contribution in [0.1, 0.15) is 11.4 Å². The lowest BCUT2D eigenvalue weighted by Crippen LogP contribution is -2.45. The average molecular weight is 625 g/mol. The zero-order valence-electron chi connectivity index (χ0n) is 17.9. The number of nitrogens with one attached hydrogen (secondary N) is 1. The Kier molecular flexibility index (Phi) is 7.23. The van der Waals surface area contributed by atoms with Crippen molar-refractivity contribution in [1.29, 1.82) is 0 Å². The standard InChI is InChI=1S/C19H18BrN3O8S4/c1-34(26,27)21-16(25)10-23-18(33-14-8-15(20)31-19(14)23)9-17-22(5-2-6-35(28,29)30)12-7-11(24)3-4-13(12)32-17/h3-4,7-9H,2,5-6,10H2,1H3,(H2-,21,24,25,28,29,30). The van der Waals surface area contributed by atoms with Gasteiger partial charge in [0.05, 0.1) is 33.2 Å². The van der Waals surface area contributed by atoms with Gasteiger partial charge >= 0.3 is 5.71 Å². The van der Waals surface area contributed by atoms with Crippen molar-refractivity contribution in [1.82, 2.24) is 4.72 Å². The minimum atomic E-state index is -4.39. The van der Waals surface area contributed by atoms with E-state index in [-0.39, 0.29) is 25.3 Å². The number of aromatic hydroxyl groups is 1. The second-order valence-electron chi connectivity index (χ2n) is 7.55. The van der Waals surface area contributed by atoms with Crippen LogP contribution in [-0.2, 0) is 31.5 Å². The van der Waals surface area contributed by atoms with E-state index in [9.17, 15) is 31.3 Å². The smallest absolute Gasteiger partial charge is 0.393 e. The zero-order chi connectivity index (χ0) is 25.5. The molecule has 3 aromatic rings. The second kappa shape index (κ2) is 9.74. The average Bonchev–Trinajstić information content (AvgIpc) is 3.32. The predicted octanol–water partition coefficient (Wildman–Crippen LogP) is 2.17. The van der Waals surface area contributed by atoms with Crippen molar-refractivity contribution in [2.24, 2.45) is 0 Å². The van der Waals surface area contributed by atoms with Crippen molar-refractivity contribution in [2.45, 2.75) is 17.9 Å². The first kappa shape index (κ1) is 26.0. The zero-order valence-corrected chi connectivity index (χ0v) is 22.8. The number of anilines is 1. The van der Waals surface area contributed by atoms with Crippen LogP contribution in [-0.4, -0.2) is 51.0 Å². The van der Waals surface area contributed by atoms with Crippen molar-refractivity contribution in [3.8, 4) is 5.75 Å². The van der Waals surface area contributed by atoms with E-state index in [1.165, 1.54) is 33.7 Å². The van der Waals surface area contributed by atoms with Crippen LogP contribution in [0.15, 0.2) is 43.3 Å². The van der Waals surface area contributed by atoms with Crippen LogP contribution in [0, 0.1) is 0 Å². The number of hydrogen-bond donors (Lipinski definition) is 2. The molecule has 1 amide bonds. The van der Waals surface area contributed by atoms with Gasteiger partial charge in [0.2, 0.25) is 16.6 Å². The van der Waals surface area contributed by atoms with Gasteiger partial charge in [-0.2, -0.15) is 0 Å². The topological polar surface area (TPSA) is 161 Å². The Morgan fingerprint density at radius 1 is 1.31 bits per heavy atom. The lowest BCUT2D eigenvalue weighted by molar-refractivity contribution is -0.662. The third-order valence-electron chi connectivity index (χ3n) is 4.71. The third-order valence-corrected chi connectivity index (χ3v) is 8.66. The number of furan rings is 1. The van der Waals surface area contributed by atoms with Crippen molar-refractivity contribution >= 4 is 87.3 Å². The number of halogens is 1. The normalized spacial score (nSPS) is 15.2. The Hall–Kier alpha value is -2.11. The molecule has 0 radical (unpaired) electrons. The fourth-order valence-corrected chi connectivity index (χ4v) is 7.17. The summed E-state index contributed by atoms with van der Waals surface area (Å²) in [7, 11) is -8.15. The molecule has 0 atom stereocenters. The maximum absolute atomic E-state index is 12.4. The number of amides is 1. The van der Waals surface area contributed by atoms with Gasteiger partial charge in [-0.25, -0.2) is 21.6 Å². The van der Waals surface area contributed by atoms with Gasteiger partial charge in [-0.3, -0.25) is 4.79 Å². The molecular weight excluding hydrogens is 606 g/mol. The van der Waals surface area contributed by atoms with Crippen molar-refractivity contribution in [3.63, 3.8) is 0 Å². The fourth-order valence-electron chi connectivity index (χ4n) is 3.44. The summed E-state index contributed by atoms with van der Waals surface area (Å²) >= 11 is 5.92. The van der Waals surface area contributed by atoms with E-state index in [1.54, 1.807) is 29.2 Å². The van der Waals surface area contributed by atoms with Crippen LogP contribution in [0.5, 0.6) is 5.75 Å². The highest BCUT2D eigenvalue weighted by Crippen LogP contribution is 2.48.